The van der Waals surface area contributed by atoms with Crippen molar-refractivity contribution in [2.24, 2.45) is 0 Å². The molecular formula is C11H11N3OS. The zero-order valence-corrected chi connectivity index (χ0v) is 9.67. The van der Waals surface area contributed by atoms with E-state index < -0.39 is 0 Å². The van der Waals surface area contributed by atoms with E-state index in [9.17, 15) is 4.79 Å². The number of thiophene rings is 1. The zero-order chi connectivity index (χ0) is 11.1. The molecule has 2 aromatic rings. The quantitative estimate of drug-likeness (QED) is 0.820. The van der Waals surface area contributed by atoms with Crippen LogP contribution in [-0.2, 0) is 0 Å². The van der Waals surface area contributed by atoms with Crippen LogP contribution < -0.4 is 10.2 Å². The largest absolute Gasteiger partial charge is 0.336 e. The molecule has 3 rings (SSSR count). The highest BCUT2D eigenvalue weighted by Gasteiger charge is 2.22. The summed E-state index contributed by atoms with van der Waals surface area (Å²) in [6, 6.07) is 4.04. The Kier molecular flexibility index (Phi) is 2.07. The predicted octanol–water partition coefficient (Wildman–Crippen LogP) is 2.13. The predicted molar refractivity (Wildman–Crippen MR) is 65.1 cm³/mol. The number of fused-ring (bicyclic) bond motifs is 1. The molecule has 3 heterocycles. The van der Waals surface area contributed by atoms with Crippen molar-refractivity contribution in [2.45, 2.75) is 6.92 Å². The second-order valence-corrected chi connectivity index (χ2v) is 4.84. The van der Waals surface area contributed by atoms with Crippen LogP contribution in [0, 0.1) is 6.92 Å². The molecule has 0 radical (unpaired) electrons. The van der Waals surface area contributed by atoms with Gasteiger partial charge in [-0.15, -0.1) is 11.3 Å². The van der Waals surface area contributed by atoms with E-state index in [4.69, 9.17) is 0 Å². The van der Waals surface area contributed by atoms with Gasteiger partial charge in [0.1, 0.15) is 5.00 Å². The number of aryl methyl sites for hydroxylation is 1. The number of hydrogen-bond acceptors (Lipinski definition) is 3. The summed E-state index contributed by atoms with van der Waals surface area (Å²) >= 11 is 1.64. The van der Waals surface area contributed by atoms with E-state index in [2.05, 4.69) is 10.3 Å². The first-order chi connectivity index (χ1) is 7.75. The van der Waals surface area contributed by atoms with Gasteiger partial charge >= 0.3 is 6.03 Å². The Bertz CT molecular complexity index is 563. The van der Waals surface area contributed by atoms with Crippen molar-refractivity contribution in [3.8, 4) is 0 Å². The lowest BCUT2D eigenvalue weighted by Gasteiger charge is -2.09. The summed E-state index contributed by atoms with van der Waals surface area (Å²) < 4.78 is 1.18. The van der Waals surface area contributed by atoms with E-state index in [0.717, 1.165) is 29.2 Å². The maximum atomic E-state index is 11.5. The van der Waals surface area contributed by atoms with E-state index in [1.807, 2.05) is 25.3 Å². The Labute approximate surface area is 96.9 Å². The van der Waals surface area contributed by atoms with E-state index in [1.54, 1.807) is 16.2 Å². The maximum Gasteiger partial charge on any atom is 0.322 e. The Balaban J connectivity index is 2.11. The number of pyridine rings is 1. The lowest BCUT2D eigenvalue weighted by molar-refractivity contribution is 0.252. The number of hydrogen-bond donors (Lipinski definition) is 1. The molecule has 4 nitrogen and oxygen atoms in total. The van der Waals surface area contributed by atoms with Gasteiger partial charge in [-0.25, -0.2) is 4.79 Å². The van der Waals surface area contributed by atoms with Gasteiger partial charge in [0.15, 0.2) is 0 Å². The molecule has 16 heavy (non-hydrogen) atoms. The number of urea groups is 1. The van der Waals surface area contributed by atoms with E-state index in [1.165, 1.54) is 4.70 Å². The average molecular weight is 233 g/mol. The lowest BCUT2D eigenvalue weighted by Crippen LogP contribution is -2.26. The number of nitrogens with one attached hydrogen (secondary N) is 1. The van der Waals surface area contributed by atoms with Crippen molar-refractivity contribution in [1.29, 1.82) is 0 Å². The van der Waals surface area contributed by atoms with Gasteiger partial charge in [-0.2, -0.15) is 0 Å². The fraction of sp³-hybridized carbons (Fsp3) is 0.273. The second-order valence-electron chi connectivity index (χ2n) is 3.78. The van der Waals surface area contributed by atoms with Crippen molar-refractivity contribution in [3.05, 3.63) is 24.0 Å². The van der Waals surface area contributed by atoms with Crippen LogP contribution in [0.3, 0.4) is 0 Å². The molecule has 2 amide bonds. The maximum absolute atomic E-state index is 11.5. The van der Waals surface area contributed by atoms with Crippen molar-refractivity contribution in [3.63, 3.8) is 0 Å². The Hall–Kier alpha value is -1.62. The number of anilines is 1. The first-order valence-electron chi connectivity index (χ1n) is 5.16. The summed E-state index contributed by atoms with van der Waals surface area (Å²) in [6.07, 6.45) is 1.81. The Morgan fingerprint density at radius 3 is 3.12 bits per heavy atom. The summed E-state index contributed by atoms with van der Waals surface area (Å²) in [5, 5.41) is 4.95. The highest BCUT2D eigenvalue weighted by atomic mass is 32.1. The molecule has 0 atom stereocenters. The standard InChI is InChI=1S/C11H11N3OS/c1-7-8-6-10(14-5-4-13-11(14)15)16-9(8)2-3-12-7/h2-3,6H,4-5H2,1H3,(H,13,15). The fourth-order valence-corrected chi connectivity index (χ4v) is 3.03. The van der Waals surface area contributed by atoms with Crippen LogP contribution >= 0.6 is 11.3 Å². The topological polar surface area (TPSA) is 45.2 Å². The van der Waals surface area contributed by atoms with Crippen LogP contribution in [0.1, 0.15) is 5.69 Å². The molecule has 5 heteroatoms. The molecule has 1 aliphatic heterocycles. The molecule has 1 saturated heterocycles. The van der Waals surface area contributed by atoms with Gasteiger partial charge in [-0.3, -0.25) is 9.88 Å². The molecule has 82 valence electrons. The third-order valence-corrected chi connectivity index (χ3v) is 3.88. The molecule has 2 aromatic heterocycles. The fourth-order valence-electron chi connectivity index (χ4n) is 1.90. The van der Waals surface area contributed by atoms with E-state index in [-0.39, 0.29) is 6.03 Å². The van der Waals surface area contributed by atoms with Gasteiger partial charge < -0.3 is 5.32 Å². The normalized spacial score (nSPS) is 15.8. The van der Waals surface area contributed by atoms with Crippen molar-refractivity contribution < 1.29 is 4.79 Å². The molecular weight excluding hydrogens is 222 g/mol. The van der Waals surface area contributed by atoms with E-state index >= 15 is 0 Å². The molecule has 1 N–H and O–H groups in total. The zero-order valence-electron chi connectivity index (χ0n) is 8.86. The van der Waals surface area contributed by atoms with E-state index in [0.29, 0.717) is 0 Å². The SMILES string of the molecule is Cc1nccc2sc(N3CCNC3=O)cc12. The lowest BCUT2D eigenvalue weighted by atomic mass is 10.2. The van der Waals surface area contributed by atoms with Gasteiger partial charge in [-0.1, -0.05) is 0 Å². The van der Waals surface area contributed by atoms with Crippen LogP contribution in [0.4, 0.5) is 9.80 Å². The van der Waals surface area contributed by atoms with Gasteiger partial charge in [0.2, 0.25) is 0 Å². The monoisotopic (exact) mass is 233 g/mol. The van der Waals surface area contributed by atoms with Crippen molar-refractivity contribution >= 4 is 32.5 Å². The second kappa shape index (κ2) is 3.45. The first-order valence-corrected chi connectivity index (χ1v) is 5.98. The summed E-state index contributed by atoms with van der Waals surface area (Å²) in [5.41, 5.74) is 1.01. The van der Waals surface area contributed by atoms with Crippen LogP contribution in [0.15, 0.2) is 18.3 Å². The molecule has 1 fully saturated rings. The molecule has 1 aliphatic rings. The van der Waals surface area contributed by atoms with Gasteiger partial charge in [0.25, 0.3) is 0 Å². The minimum atomic E-state index is -0.00262. The Morgan fingerprint density at radius 2 is 2.44 bits per heavy atom. The molecule has 0 aliphatic carbocycles. The number of aromatic nitrogens is 1. The van der Waals surface area contributed by atoms with Crippen LogP contribution in [0.5, 0.6) is 0 Å². The molecule has 0 bridgehead atoms. The highest BCUT2D eigenvalue weighted by molar-refractivity contribution is 7.23. The van der Waals surface area contributed by atoms with Gasteiger partial charge in [0.05, 0.1) is 0 Å². The average Bonchev–Trinajstić information content (AvgIpc) is 2.84. The summed E-state index contributed by atoms with van der Waals surface area (Å²) in [6.45, 7) is 3.46. The smallest absolute Gasteiger partial charge is 0.322 e. The molecule has 0 aromatic carbocycles. The van der Waals surface area contributed by atoms with Gasteiger partial charge in [0, 0.05) is 35.1 Å². The third-order valence-electron chi connectivity index (χ3n) is 2.75. The molecule has 0 unspecified atom stereocenters. The molecule has 0 spiro atoms. The van der Waals surface area contributed by atoms with Crippen molar-refractivity contribution in [2.75, 3.05) is 18.0 Å². The minimum absolute atomic E-state index is 0.00262. The first kappa shape index (κ1) is 9.59. The van der Waals surface area contributed by atoms with Crippen molar-refractivity contribution in [1.82, 2.24) is 10.3 Å². The molecule has 0 saturated carbocycles. The third kappa shape index (κ3) is 1.36. The number of nitrogens with zero attached hydrogens (tertiary/aromatic N) is 2. The minimum Gasteiger partial charge on any atom is -0.336 e. The number of amides is 2. The Morgan fingerprint density at radius 1 is 1.56 bits per heavy atom. The number of carbonyl (C=O) groups excluding carboxylic acids is 1. The van der Waals surface area contributed by atoms with Crippen LogP contribution in [0.25, 0.3) is 10.1 Å². The van der Waals surface area contributed by atoms with Gasteiger partial charge in [-0.05, 0) is 19.1 Å². The number of carbonyl (C=O) groups is 1. The summed E-state index contributed by atoms with van der Waals surface area (Å²) in [5.74, 6) is 0. The van der Waals surface area contributed by atoms with Crippen LogP contribution in [-0.4, -0.2) is 24.1 Å². The summed E-state index contributed by atoms with van der Waals surface area (Å²) in [4.78, 5) is 17.6. The summed E-state index contributed by atoms with van der Waals surface area (Å²) in [7, 11) is 0. The highest BCUT2D eigenvalue weighted by Crippen LogP contribution is 2.33. The number of rotatable bonds is 1. The van der Waals surface area contributed by atoms with Crippen LogP contribution in [0.2, 0.25) is 0 Å².